The SMILES string of the molecule is CC(=O)N1CCCC2(CCN(C(=O)c3ccc(Oc4ccccc4)cc3)CC2)C1. The van der Waals surface area contributed by atoms with Gasteiger partial charge in [-0.05, 0) is 67.5 Å². The molecule has 29 heavy (non-hydrogen) atoms. The first-order valence-electron chi connectivity index (χ1n) is 10.4. The number of amides is 2. The van der Waals surface area contributed by atoms with Crippen molar-refractivity contribution in [3.05, 3.63) is 60.2 Å². The minimum absolute atomic E-state index is 0.0744. The van der Waals surface area contributed by atoms with Gasteiger partial charge in [0.1, 0.15) is 11.5 Å². The molecular formula is C24H28N2O3. The number of carbonyl (C=O) groups excluding carboxylic acids is 2. The summed E-state index contributed by atoms with van der Waals surface area (Å²) in [7, 11) is 0. The van der Waals surface area contributed by atoms with Crippen molar-refractivity contribution in [2.24, 2.45) is 5.41 Å². The Balaban J connectivity index is 1.35. The quantitative estimate of drug-likeness (QED) is 0.781. The molecule has 2 heterocycles. The van der Waals surface area contributed by atoms with Crippen LogP contribution in [0.25, 0.3) is 0 Å². The van der Waals surface area contributed by atoms with Crippen LogP contribution in [0.15, 0.2) is 54.6 Å². The molecule has 0 saturated carbocycles. The standard InChI is InChI=1S/C24H28N2O3/c1-19(27)26-15-5-12-24(18-26)13-16-25(17-14-24)23(28)20-8-10-22(11-9-20)29-21-6-3-2-4-7-21/h2-4,6-11H,5,12-18H2,1H3. The molecule has 2 aliphatic heterocycles. The molecule has 2 amide bonds. The Bertz CT molecular complexity index is 855. The molecular weight excluding hydrogens is 364 g/mol. The van der Waals surface area contributed by atoms with E-state index in [1.54, 1.807) is 6.92 Å². The molecule has 2 aliphatic rings. The molecule has 2 fully saturated rings. The Labute approximate surface area is 172 Å². The number of likely N-dealkylation sites (tertiary alicyclic amines) is 2. The van der Waals surface area contributed by atoms with Gasteiger partial charge in [0.2, 0.25) is 5.91 Å². The van der Waals surface area contributed by atoms with Gasteiger partial charge in [-0.1, -0.05) is 18.2 Å². The van der Waals surface area contributed by atoms with E-state index in [-0.39, 0.29) is 17.2 Å². The molecule has 0 unspecified atom stereocenters. The Morgan fingerprint density at radius 2 is 1.48 bits per heavy atom. The average Bonchev–Trinajstić information content (AvgIpc) is 2.75. The van der Waals surface area contributed by atoms with Crippen molar-refractivity contribution < 1.29 is 14.3 Å². The molecule has 2 aromatic rings. The third kappa shape index (κ3) is 4.44. The van der Waals surface area contributed by atoms with Gasteiger partial charge >= 0.3 is 0 Å². The molecule has 0 N–H and O–H groups in total. The predicted molar refractivity (Wildman–Crippen MR) is 112 cm³/mol. The van der Waals surface area contributed by atoms with Crippen LogP contribution in [0.1, 0.15) is 43.0 Å². The molecule has 0 radical (unpaired) electrons. The number of piperidine rings is 2. The van der Waals surface area contributed by atoms with E-state index in [2.05, 4.69) is 0 Å². The van der Waals surface area contributed by atoms with Crippen LogP contribution in [0.3, 0.4) is 0 Å². The van der Waals surface area contributed by atoms with Gasteiger partial charge in [-0.2, -0.15) is 0 Å². The second-order valence-electron chi connectivity index (χ2n) is 8.28. The summed E-state index contributed by atoms with van der Waals surface area (Å²) in [4.78, 5) is 28.6. The van der Waals surface area contributed by atoms with Crippen molar-refractivity contribution in [1.29, 1.82) is 0 Å². The van der Waals surface area contributed by atoms with Gasteiger partial charge in [0.05, 0.1) is 0 Å². The molecule has 0 aliphatic carbocycles. The second kappa shape index (κ2) is 8.27. The fourth-order valence-corrected chi connectivity index (χ4v) is 4.54. The van der Waals surface area contributed by atoms with Crippen LogP contribution in [-0.4, -0.2) is 47.8 Å². The first kappa shape index (κ1) is 19.5. The van der Waals surface area contributed by atoms with Crippen LogP contribution >= 0.6 is 0 Å². The largest absolute Gasteiger partial charge is 0.457 e. The summed E-state index contributed by atoms with van der Waals surface area (Å²) in [5.74, 6) is 1.74. The molecule has 2 saturated heterocycles. The number of nitrogens with zero attached hydrogens (tertiary/aromatic N) is 2. The summed E-state index contributed by atoms with van der Waals surface area (Å²) in [6.07, 6.45) is 4.16. The minimum Gasteiger partial charge on any atom is -0.457 e. The maximum absolute atomic E-state index is 12.9. The van der Waals surface area contributed by atoms with Crippen molar-refractivity contribution in [3.63, 3.8) is 0 Å². The number of carbonyl (C=O) groups is 2. The van der Waals surface area contributed by atoms with Gasteiger partial charge in [-0.25, -0.2) is 0 Å². The number of benzene rings is 2. The fourth-order valence-electron chi connectivity index (χ4n) is 4.54. The van der Waals surface area contributed by atoms with E-state index in [1.807, 2.05) is 64.4 Å². The van der Waals surface area contributed by atoms with Gasteiger partial charge in [-0.3, -0.25) is 9.59 Å². The van der Waals surface area contributed by atoms with Gasteiger partial charge in [0.15, 0.2) is 0 Å². The summed E-state index contributed by atoms with van der Waals surface area (Å²) in [5.41, 5.74) is 0.879. The van der Waals surface area contributed by atoms with Crippen LogP contribution in [-0.2, 0) is 4.79 Å². The third-order valence-corrected chi connectivity index (χ3v) is 6.30. The molecule has 0 aromatic heterocycles. The second-order valence-corrected chi connectivity index (χ2v) is 8.28. The van der Waals surface area contributed by atoms with E-state index < -0.39 is 0 Å². The average molecular weight is 392 g/mol. The number of hydrogen-bond acceptors (Lipinski definition) is 3. The Hall–Kier alpha value is -2.82. The van der Waals surface area contributed by atoms with Gasteiger partial charge in [0, 0.05) is 38.7 Å². The molecule has 5 heteroatoms. The van der Waals surface area contributed by atoms with Crippen LogP contribution in [0.2, 0.25) is 0 Å². The number of rotatable bonds is 3. The normalized spacial score (nSPS) is 18.5. The zero-order valence-electron chi connectivity index (χ0n) is 17.0. The summed E-state index contributed by atoms with van der Waals surface area (Å²) >= 11 is 0. The Kier molecular flexibility index (Phi) is 5.56. The van der Waals surface area contributed by atoms with Crippen molar-refractivity contribution in [2.45, 2.75) is 32.6 Å². The lowest BCUT2D eigenvalue weighted by Crippen LogP contribution is -2.51. The van der Waals surface area contributed by atoms with E-state index in [1.165, 1.54) is 0 Å². The van der Waals surface area contributed by atoms with Crippen molar-refractivity contribution in [3.8, 4) is 11.5 Å². The lowest BCUT2D eigenvalue weighted by atomic mass is 9.72. The van der Waals surface area contributed by atoms with E-state index in [9.17, 15) is 9.59 Å². The van der Waals surface area contributed by atoms with Gasteiger partial charge in [0.25, 0.3) is 5.91 Å². The predicted octanol–water partition coefficient (Wildman–Crippen LogP) is 4.34. The first-order valence-corrected chi connectivity index (χ1v) is 10.4. The summed E-state index contributed by atoms with van der Waals surface area (Å²) in [5, 5.41) is 0. The van der Waals surface area contributed by atoms with Crippen molar-refractivity contribution in [2.75, 3.05) is 26.2 Å². The molecule has 0 bridgehead atoms. The molecule has 4 rings (SSSR count). The molecule has 2 aromatic carbocycles. The van der Waals surface area contributed by atoms with Crippen LogP contribution in [0.5, 0.6) is 11.5 Å². The zero-order valence-corrected chi connectivity index (χ0v) is 17.0. The van der Waals surface area contributed by atoms with E-state index in [0.29, 0.717) is 5.56 Å². The molecule has 5 nitrogen and oxygen atoms in total. The lowest BCUT2D eigenvalue weighted by Gasteiger charge is -2.47. The summed E-state index contributed by atoms with van der Waals surface area (Å²) in [6.45, 7) is 4.88. The summed E-state index contributed by atoms with van der Waals surface area (Å²) in [6, 6.07) is 17.0. The number of para-hydroxylation sites is 1. The third-order valence-electron chi connectivity index (χ3n) is 6.30. The van der Waals surface area contributed by atoms with Gasteiger partial charge in [-0.15, -0.1) is 0 Å². The number of hydrogen-bond donors (Lipinski definition) is 0. The van der Waals surface area contributed by atoms with E-state index >= 15 is 0 Å². The smallest absolute Gasteiger partial charge is 0.253 e. The van der Waals surface area contributed by atoms with Crippen LogP contribution < -0.4 is 4.74 Å². The zero-order chi connectivity index (χ0) is 20.3. The molecule has 152 valence electrons. The highest BCUT2D eigenvalue weighted by Gasteiger charge is 2.40. The van der Waals surface area contributed by atoms with E-state index in [0.717, 1.165) is 63.4 Å². The van der Waals surface area contributed by atoms with Crippen molar-refractivity contribution in [1.82, 2.24) is 9.80 Å². The maximum Gasteiger partial charge on any atom is 0.253 e. The Morgan fingerprint density at radius 3 is 2.14 bits per heavy atom. The fraction of sp³-hybridized carbons (Fsp3) is 0.417. The topological polar surface area (TPSA) is 49.9 Å². The minimum atomic E-state index is 0.0744. The van der Waals surface area contributed by atoms with Crippen LogP contribution in [0, 0.1) is 5.41 Å². The highest BCUT2D eigenvalue weighted by atomic mass is 16.5. The summed E-state index contributed by atoms with van der Waals surface area (Å²) < 4.78 is 5.81. The first-order chi connectivity index (χ1) is 14.0. The Morgan fingerprint density at radius 1 is 0.828 bits per heavy atom. The molecule has 0 atom stereocenters. The van der Waals surface area contributed by atoms with Crippen LogP contribution in [0.4, 0.5) is 0 Å². The lowest BCUT2D eigenvalue weighted by molar-refractivity contribution is -0.133. The highest BCUT2D eigenvalue weighted by Crippen LogP contribution is 2.40. The van der Waals surface area contributed by atoms with E-state index in [4.69, 9.17) is 4.74 Å². The highest BCUT2D eigenvalue weighted by molar-refractivity contribution is 5.94. The number of ether oxygens (including phenoxy) is 1. The van der Waals surface area contributed by atoms with Crippen molar-refractivity contribution >= 4 is 11.8 Å². The van der Waals surface area contributed by atoms with Gasteiger partial charge < -0.3 is 14.5 Å². The maximum atomic E-state index is 12.9. The monoisotopic (exact) mass is 392 g/mol. The molecule has 1 spiro atoms.